The van der Waals surface area contributed by atoms with Crippen molar-refractivity contribution in [2.45, 2.75) is 215 Å². The number of aliphatic hydroxyl groups excluding tert-OH is 1. The monoisotopic (exact) mass is 1960 g/mol. The highest BCUT2D eigenvalue weighted by molar-refractivity contribution is 6.99. The molecule has 0 spiro atoms. The Balaban J connectivity index is 0.779. The number of amides is 2. The minimum absolute atomic E-state index is 0.00214. The van der Waals surface area contributed by atoms with Crippen molar-refractivity contribution >= 4 is 30.5 Å². The summed E-state index contributed by atoms with van der Waals surface area (Å²) in [5.74, 6) is -1.41. The van der Waals surface area contributed by atoms with E-state index in [4.69, 9.17) is 85.0 Å². The number of fused-ring (bicyclic) bond motifs is 1. The Morgan fingerprint density at radius 3 is 0.882 bits per heavy atom. The second-order valence-electron chi connectivity index (χ2n) is 37.5. The molecule has 744 valence electrons. The molecular formula is C118H122N4O21Si. The van der Waals surface area contributed by atoms with Crippen molar-refractivity contribution in [3.05, 3.63) is 465 Å². The summed E-state index contributed by atoms with van der Waals surface area (Å²) in [4.78, 5) is 37.2. The number of nitrogens with zero attached hydrogens (tertiary/aromatic N) is 4. The number of carbonyl (C=O) groups is 2. The molecule has 0 aliphatic carbocycles. The zero-order valence-electron chi connectivity index (χ0n) is 80.8. The van der Waals surface area contributed by atoms with Gasteiger partial charge < -0.3 is 90.1 Å². The highest BCUT2D eigenvalue weighted by atomic mass is 28.4. The molecule has 0 radical (unpaired) electrons. The highest BCUT2D eigenvalue weighted by Crippen LogP contribution is 2.45. The third-order valence-corrected chi connectivity index (χ3v) is 31.6. The number of aliphatic hydroxyl groups is 1. The molecule has 4 fully saturated rings. The van der Waals surface area contributed by atoms with E-state index in [1.807, 2.05) is 364 Å². The fourth-order valence-corrected chi connectivity index (χ4v) is 24.0. The van der Waals surface area contributed by atoms with Gasteiger partial charge in [0.2, 0.25) is 0 Å². The molecule has 20 atom stereocenters. The zero-order chi connectivity index (χ0) is 98.7. The van der Waals surface area contributed by atoms with E-state index in [0.29, 0.717) is 5.56 Å². The van der Waals surface area contributed by atoms with Crippen molar-refractivity contribution in [2.75, 3.05) is 26.4 Å². The first kappa shape index (κ1) is 102. The van der Waals surface area contributed by atoms with Crippen molar-refractivity contribution < 1.29 is 99.6 Å². The molecule has 0 bridgehead atoms. The Labute approximate surface area is 841 Å². The van der Waals surface area contributed by atoms with Gasteiger partial charge in [0.05, 0.1) is 104 Å². The van der Waals surface area contributed by atoms with Crippen LogP contribution in [0.25, 0.3) is 10.4 Å². The van der Waals surface area contributed by atoms with Gasteiger partial charge in [-0.2, -0.15) is 0 Å². The topological polar surface area (TPSA) is 273 Å². The van der Waals surface area contributed by atoms with Crippen LogP contribution in [0.5, 0.6) is 0 Å². The first-order valence-corrected chi connectivity index (χ1v) is 51.1. The summed E-state index contributed by atoms with van der Waals surface area (Å²) in [5, 5.41) is 19.9. The predicted molar refractivity (Wildman–Crippen MR) is 542 cm³/mol. The maximum atomic E-state index is 16.3. The molecule has 1 N–H and O–H groups in total. The number of hydrogen-bond donors (Lipinski definition) is 1. The van der Waals surface area contributed by atoms with Crippen LogP contribution in [0.1, 0.15) is 97.1 Å². The lowest BCUT2D eigenvalue weighted by Crippen LogP contribution is -2.72. The van der Waals surface area contributed by atoms with Crippen molar-refractivity contribution in [3.8, 4) is 0 Å². The molecule has 5 aliphatic rings. The first-order chi connectivity index (χ1) is 70.8. The molecule has 2 amide bonds. The fraction of sp³-hybridized carbons (Fsp3) is 0.322. The largest absolute Gasteiger partial charge is 0.388 e. The van der Waals surface area contributed by atoms with E-state index in [0.717, 1.165) is 65.3 Å². The first-order valence-electron chi connectivity index (χ1n) is 49.2. The normalized spacial score (nSPS) is 24.9. The van der Waals surface area contributed by atoms with E-state index >= 15 is 9.59 Å². The van der Waals surface area contributed by atoms with Crippen molar-refractivity contribution in [1.29, 1.82) is 0 Å². The van der Waals surface area contributed by atoms with E-state index < -0.39 is 154 Å². The lowest BCUT2D eigenvalue weighted by molar-refractivity contribution is -0.371. The number of imide groups is 1. The molecule has 5 aliphatic heterocycles. The number of carbonyl (C=O) groups excluding carboxylic acids is 2. The average Bonchev–Trinajstić information content (AvgIpc) is 1.37. The number of azide groups is 1. The Hall–Kier alpha value is -12.2. The molecule has 13 aromatic rings. The quantitative estimate of drug-likeness (QED) is 0.0122. The van der Waals surface area contributed by atoms with E-state index in [-0.39, 0.29) is 97.0 Å². The van der Waals surface area contributed by atoms with Gasteiger partial charge in [0, 0.05) is 4.91 Å². The molecule has 26 heteroatoms. The molecule has 0 aromatic heterocycles. The molecule has 144 heavy (non-hydrogen) atoms. The lowest BCUT2D eigenvalue weighted by Gasteiger charge is -2.52. The van der Waals surface area contributed by atoms with E-state index in [9.17, 15) is 10.6 Å². The Bertz CT molecular complexity index is 6040. The summed E-state index contributed by atoms with van der Waals surface area (Å²) in [7, 11) is -3.90. The maximum absolute atomic E-state index is 16.3. The number of hydrogen-bond acceptors (Lipinski definition) is 22. The van der Waals surface area contributed by atoms with Gasteiger partial charge in [-0.15, -0.1) is 0 Å². The molecule has 25 nitrogen and oxygen atoms in total. The Kier molecular flexibility index (Phi) is 35.7. The van der Waals surface area contributed by atoms with Crippen LogP contribution in [0.2, 0.25) is 5.04 Å². The predicted octanol–water partition coefficient (Wildman–Crippen LogP) is 18.7. The van der Waals surface area contributed by atoms with Crippen LogP contribution >= 0.6 is 0 Å². The van der Waals surface area contributed by atoms with Crippen LogP contribution in [0.15, 0.2) is 393 Å². The van der Waals surface area contributed by atoms with Gasteiger partial charge in [-0.1, -0.05) is 402 Å². The highest BCUT2D eigenvalue weighted by Gasteiger charge is 2.62. The molecule has 0 unspecified atom stereocenters. The summed E-state index contributed by atoms with van der Waals surface area (Å²) in [5.41, 5.74) is 20.0. The van der Waals surface area contributed by atoms with Gasteiger partial charge in [0.25, 0.3) is 20.1 Å². The van der Waals surface area contributed by atoms with Crippen LogP contribution < -0.4 is 10.4 Å². The Morgan fingerprint density at radius 1 is 0.299 bits per heavy atom. The Morgan fingerprint density at radius 2 is 0.562 bits per heavy atom. The van der Waals surface area contributed by atoms with E-state index in [1.165, 1.54) is 0 Å². The van der Waals surface area contributed by atoms with E-state index in [2.05, 4.69) is 30.8 Å². The molecule has 4 saturated heterocycles. The van der Waals surface area contributed by atoms with Crippen LogP contribution in [-0.4, -0.2) is 179 Å². The maximum Gasteiger partial charge on any atom is 0.264 e. The number of rotatable bonds is 46. The molecule has 18 rings (SSSR count). The molecular weight excluding hydrogens is 1840 g/mol. The fourth-order valence-electron chi connectivity index (χ4n) is 19.5. The van der Waals surface area contributed by atoms with Gasteiger partial charge in [0.15, 0.2) is 25.2 Å². The van der Waals surface area contributed by atoms with Crippen LogP contribution in [-0.2, 0) is 151 Å². The summed E-state index contributed by atoms with van der Waals surface area (Å²) < 4.78 is 133. The van der Waals surface area contributed by atoms with Crippen molar-refractivity contribution in [3.63, 3.8) is 0 Å². The molecule has 5 heterocycles. The smallest absolute Gasteiger partial charge is 0.264 e. The summed E-state index contributed by atoms with van der Waals surface area (Å²) >= 11 is 0. The molecule has 0 saturated carbocycles. The van der Waals surface area contributed by atoms with Crippen LogP contribution in [0.4, 0.5) is 0 Å². The van der Waals surface area contributed by atoms with Gasteiger partial charge in [-0.25, -0.2) is 0 Å². The third-order valence-electron chi connectivity index (χ3n) is 26.6. The van der Waals surface area contributed by atoms with Crippen molar-refractivity contribution in [2.24, 2.45) is 5.11 Å². The molecule has 13 aromatic carbocycles. The van der Waals surface area contributed by atoms with Gasteiger partial charge in [-0.05, 0) is 88.7 Å². The number of ether oxygens (including phenoxy) is 17. The minimum Gasteiger partial charge on any atom is -0.388 e. The van der Waals surface area contributed by atoms with Gasteiger partial charge >= 0.3 is 0 Å². The average molecular weight is 1960 g/mol. The van der Waals surface area contributed by atoms with E-state index in [1.54, 1.807) is 24.3 Å². The standard InChI is InChI=1S/C118H122N4O21Si/c1-118(2,3)144(92-62-36-14-37-63-92,93-64-38-15-39-65-93)143-114-100(120-121-119)106(142-117-111(135-77-91-60-34-13-35-61-91)109(133-75-89-56-30-11-31-57-89)104(130-72-86-50-24-8-25-51-86)98(140-117)79-127-69-83-44-18-5-19-45-83)102(123)96(137-114)81-136-115-101(122-112(124)94-66-40-41-67-95(94)113(122)125)107(131-73-87-52-26-9-27-53-87)105(99(138-115)80-128-70-84-46-20-6-21-47-84)141-116-110(134-76-90-58-32-12-33-59-90)108(132-74-88-54-28-10-29-55-88)103(129-71-85-48-22-7-23-49-85)97(139-116)78-126-68-82-42-16-4-17-43-82/h4-67,96-111,114-117,123H,68-81H2,1-3H3/t96-,97-,98-,99-,100-,101-,102+,103+,104+,105-,106-,107-,108+,109+,110-,111-,114+,115-,116+,117+/m1/s1. The van der Waals surface area contributed by atoms with Crippen LogP contribution in [0, 0.1) is 0 Å². The van der Waals surface area contributed by atoms with Crippen LogP contribution in [0.3, 0.4) is 0 Å². The lowest BCUT2D eigenvalue weighted by atomic mass is 9.93. The second-order valence-corrected chi connectivity index (χ2v) is 41.8. The second kappa shape index (κ2) is 50.5. The summed E-state index contributed by atoms with van der Waals surface area (Å²) in [6, 6.07) is 120. The minimum atomic E-state index is -3.90. The van der Waals surface area contributed by atoms with Crippen molar-refractivity contribution in [1.82, 2.24) is 4.90 Å². The van der Waals surface area contributed by atoms with Gasteiger partial charge in [0.1, 0.15) is 97.5 Å². The number of benzene rings is 13. The zero-order valence-corrected chi connectivity index (χ0v) is 81.8. The summed E-state index contributed by atoms with van der Waals surface area (Å²) in [6.07, 6.45) is -24.3. The third kappa shape index (κ3) is 25.6. The van der Waals surface area contributed by atoms with Gasteiger partial charge in [-0.3, -0.25) is 14.5 Å². The summed E-state index contributed by atoms with van der Waals surface area (Å²) in [6.45, 7) is 5.95. The SMILES string of the molecule is CC(C)(C)[Si](O[C@@H]1O[C@H](CO[C@@H]2O[C@H](COCc3ccccc3)[C@@H](O[C@@H]3O[C@H](COCc4ccccc4)[C@H](OCc4ccccc4)[C@H](OCc4ccccc4)[C@H]3OCc3ccccc3)[C@H](OCc3ccccc3)[C@H]2N2C(=O)c3ccccc3C2=O)[C@H](O)[C@H](O[C@@H]2O[C@H](COCc3ccccc3)[C@H](OCc3ccccc3)[C@H](OCc3ccccc3)[C@H]2OCc2ccccc2)[C@H]1N=[N+]=[N-])(c1ccccc1)c1ccccc1.